The van der Waals surface area contributed by atoms with Crippen LogP contribution in [0, 0.1) is 12.7 Å². The third-order valence-corrected chi connectivity index (χ3v) is 2.53. The van der Waals surface area contributed by atoms with E-state index in [0.29, 0.717) is 5.69 Å². The topological polar surface area (TPSA) is 78.0 Å². The fourth-order valence-electron chi connectivity index (χ4n) is 1.67. The van der Waals surface area contributed by atoms with Crippen molar-refractivity contribution in [3.63, 3.8) is 0 Å². The van der Waals surface area contributed by atoms with Gasteiger partial charge in [0.15, 0.2) is 5.82 Å². The van der Waals surface area contributed by atoms with Crippen LogP contribution in [0.1, 0.15) is 16.1 Å². The number of halogens is 1. The molecular formula is C12H10FN3O2. The van der Waals surface area contributed by atoms with Crippen LogP contribution in [0.25, 0.3) is 5.69 Å². The van der Waals surface area contributed by atoms with Crippen LogP contribution in [-0.2, 0) is 0 Å². The maximum Gasteiger partial charge on any atom is 0.268 e. The van der Waals surface area contributed by atoms with Gasteiger partial charge in [0.25, 0.3) is 11.5 Å². The number of carbonyl (C=O) groups is 1. The van der Waals surface area contributed by atoms with E-state index >= 15 is 0 Å². The molecule has 0 aliphatic carbocycles. The van der Waals surface area contributed by atoms with E-state index in [9.17, 15) is 14.0 Å². The minimum absolute atomic E-state index is 0.0376. The van der Waals surface area contributed by atoms with Crippen molar-refractivity contribution in [3.8, 4) is 5.69 Å². The molecule has 18 heavy (non-hydrogen) atoms. The van der Waals surface area contributed by atoms with E-state index in [4.69, 9.17) is 5.73 Å². The van der Waals surface area contributed by atoms with Gasteiger partial charge in [0.2, 0.25) is 0 Å². The van der Waals surface area contributed by atoms with Gasteiger partial charge >= 0.3 is 0 Å². The number of carbonyl (C=O) groups excluding carboxylic acids is 1. The van der Waals surface area contributed by atoms with E-state index in [1.54, 1.807) is 6.92 Å². The van der Waals surface area contributed by atoms with Gasteiger partial charge in [-0.3, -0.25) is 19.1 Å². The van der Waals surface area contributed by atoms with Crippen LogP contribution in [0.3, 0.4) is 0 Å². The number of primary amides is 1. The molecule has 0 radical (unpaired) electrons. The van der Waals surface area contributed by atoms with Crippen LogP contribution < -0.4 is 11.3 Å². The summed E-state index contributed by atoms with van der Waals surface area (Å²) in [5.74, 6) is -1.49. The molecule has 0 saturated carbocycles. The van der Waals surface area contributed by atoms with E-state index in [2.05, 4.69) is 4.98 Å². The summed E-state index contributed by atoms with van der Waals surface area (Å²) in [7, 11) is 0. The fraction of sp³-hybridized carbons (Fsp3) is 0.0833. The lowest BCUT2D eigenvalue weighted by Crippen LogP contribution is -2.30. The number of nitrogens with zero attached hydrogens (tertiary/aromatic N) is 2. The molecule has 0 saturated heterocycles. The summed E-state index contributed by atoms with van der Waals surface area (Å²) in [4.78, 5) is 26.8. The van der Waals surface area contributed by atoms with Crippen LogP contribution in [0.2, 0.25) is 0 Å². The average Bonchev–Trinajstić information content (AvgIpc) is 2.31. The van der Waals surface area contributed by atoms with Gasteiger partial charge in [0.1, 0.15) is 5.56 Å². The summed E-state index contributed by atoms with van der Waals surface area (Å²) in [6.07, 6.45) is 2.36. The fourth-order valence-corrected chi connectivity index (χ4v) is 1.67. The number of amides is 1. The molecule has 0 aromatic carbocycles. The van der Waals surface area contributed by atoms with Crippen molar-refractivity contribution in [1.82, 2.24) is 9.55 Å². The summed E-state index contributed by atoms with van der Waals surface area (Å²) < 4.78 is 14.7. The zero-order valence-electron chi connectivity index (χ0n) is 9.55. The number of aromatic nitrogens is 2. The highest BCUT2D eigenvalue weighted by Crippen LogP contribution is 2.12. The summed E-state index contributed by atoms with van der Waals surface area (Å²) in [6, 6.07) is 4.21. The Morgan fingerprint density at radius 3 is 2.72 bits per heavy atom. The maximum absolute atomic E-state index is 13.6. The normalized spacial score (nSPS) is 10.3. The van der Waals surface area contributed by atoms with E-state index in [-0.39, 0.29) is 11.3 Å². The van der Waals surface area contributed by atoms with Crippen LogP contribution in [0.4, 0.5) is 4.39 Å². The lowest BCUT2D eigenvalue weighted by Gasteiger charge is -2.11. The van der Waals surface area contributed by atoms with Gasteiger partial charge in [-0.25, -0.2) is 4.39 Å². The van der Waals surface area contributed by atoms with Crippen molar-refractivity contribution in [2.75, 3.05) is 0 Å². The van der Waals surface area contributed by atoms with Crippen molar-refractivity contribution in [3.05, 3.63) is 58.0 Å². The second-order valence-corrected chi connectivity index (χ2v) is 3.72. The third-order valence-electron chi connectivity index (χ3n) is 2.53. The van der Waals surface area contributed by atoms with Crippen molar-refractivity contribution in [1.29, 1.82) is 0 Å². The quantitative estimate of drug-likeness (QED) is 0.851. The number of hydrogen-bond donors (Lipinski definition) is 1. The SMILES string of the molecule is Cc1ccc(C(N)=O)c(=O)n1-c1ccncc1F. The molecule has 5 nitrogen and oxygen atoms in total. The number of nitrogens with two attached hydrogens (primary N) is 1. The predicted octanol–water partition coefficient (Wildman–Crippen LogP) is 0.779. The Bertz CT molecular complexity index is 679. The first-order valence-corrected chi connectivity index (χ1v) is 5.14. The summed E-state index contributed by atoms with van der Waals surface area (Å²) >= 11 is 0. The Balaban J connectivity index is 2.80. The monoisotopic (exact) mass is 247 g/mol. The van der Waals surface area contributed by atoms with Gasteiger partial charge < -0.3 is 5.73 Å². The number of rotatable bonds is 2. The van der Waals surface area contributed by atoms with Crippen LogP contribution in [-0.4, -0.2) is 15.5 Å². The van der Waals surface area contributed by atoms with Gasteiger partial charge in [-0.1, -0.05) is 0 Å². The molecule has 2 heterocycles. The highest BCUT2D eigenvalue weighted by atomic mass is 19.1. The van der Waals surface area contributed by atoms with E-state index in [0.717, 1.165) is 10.8 Å². The molecule has 92 valence electrons. The molecule has 2 rings (SSSR count). The third kappa shape index (κ3) is 1.88. The summed E-state index contributed by atoms with van der Waals surface area (Å²) in [5, 5.41) is 0. The largest absolute Gasteiger partial charge is 0.365 e. The Labute approximate surface area is 102 Å². The first-order valence-electron chi connectivity index (χ1n) is 5.14. The Kier molecular flexibility index (Phi) is 2.93. The number of aryl methyl sites for hydroxylation is 1. The molecule has 0 fully saturated rings. The van der Waals surface area contributed by atoms with Crippen LogP contribution in [0.15, 0.2) is 35.4 Å². The smallest absolute Gasteiger partial charge is 0.268 e. The molecule has 0 bridgehead atoms. The van der Waals surface area contributed by atoms with Crippen molar-refractivity contribution in [2.24, 2.45) is 5.73 Å². The summed E-state index contributed by atoms with van der Waals surface area (Å²) in [6.45, 7) is 1.63. The molecule has 0 atom stereocenters. The maximum atomic E-state index is 13.6. The standard InChI is InChI=1S/C12H10FN3O2/c1-7-2-3-8(11(14)17)12(18)16(7)10-4-5-15-6-9(10)13/h2-6H,1H3,(H2,14,17). The second-order valence-electron chi connectivity index (χ2n) is 3.72. The molecule has 2 N–H and O–H groups in total. The van der Waals surface area contributed by atoms with Gasteiger partial charge in [-0.05, 0) is 25.1 Å². The molecular weight excluding hydrogens is 237 g/mol. The van der Waals surface area contributed by atoms with Gasteiger partial charge in [-0.15, -0.1) is 0 Å². The van der Waals surface area contributed by atoms with Crippen molar-refractivity contribution >= 4 is 5.91 Å². The average molecular weight is 247 g/mol. The zero-order chi connectivity index (χ0) is 13.3. The first-order chi connectivity index (χ1) is 8.52. The lowest BCUT2D eigenvalue weighted by molar-refractivity contribution is 0.0998. The van der Waals surface area contributed by atoms with E-state index in [1.165, 1.54) is 24.4 Å². The van der Waals surface area contributed by atoms with Crippen molar-refractivity contribution in [2.45, 2.75) is 6.92 Å². The molecule has 0 aliphatic heterocycles. The van der Waals surface area contributed by atoms with Gasteiger partial charge in [0.05, 0.1) is 11.9 Å². The predicted molar refractivity (Wildman–Crippen MR) is 63.0 cm³/mol. The molecule has 6 heteroatoms. The second kappa shape index (κ2) is 4.40. The molecule has 2 aromatic rings. The highest BCUT2D eigenvalue weighted by Gasteiger charge is 2.14. The lowest BCUT2D eigenvalue weighted by atomic mass is 10.2. The van der Waals surface area contributed by atoms with Crippen LogP contribution >= 0.6 is 0 Å². The minimum Gasteiger partial charge on any atom is -0.365 e. The number of hydrogen-bond acceptors (Lipinski definition) is 3. The molecule has 2 aromatic heterocycles. The molecule has 0 spiro atoms. The molecule has 0 aliphatic rings. The zero-order valence-corrected chi connectivity index (χ0v) is 9.55. The van der Waals surface area contributed by atoms with E-state index in [1.807, 2.05) is 0 Å². The number of pyridine rings is 2. The van der Waals surface area contributed by atoms with Gasteiger partial charge in [0, 0.05) is 11.9 Å². The summed E-state index contributed by atoms with van der Waals surface area (Å²) in [5.41, 5.74) is 4.80. The van der Waals surface area contributed by atoms with Crippen LogP contribution in [0.5, 0.6) is 0 Å². The Morgan fingerprint density at radius 2 is 2.11 bits per heavy atom. The first kappa shape index (κ1) is 12.0. The van der Waals surface area contributed by atoms with Crippen molar-refractivity contribution < 1.29 is 9.18 Å². The molecule has 1 amide bonds. The van der Waals surface area contributed by atoms with E-state index < -0.39 is 17.3 Å². The van der Waals surface area contributed by atoms with Gasteiger partial charge in [-0.2, -0.15) is 0 Å². The Morgan fingerprint density at radius 1 is 1.39 bits per heavy atom. The highest BCUT2D eigenvalue weighted by molar-refractivity contribution is 5.92. The Hall–Kier alpha value is -2.50. The minimum atomic E-state index is -0.844. The molecule has 0 unspecified atom stereocenters.